The lowest BCUT2D eigenvalue weighted by Crippen LogP contribution is -2.40. The summed E-state index contributed by atoms with van der Waals surface area (Å²) >= 11 is 0. The molecule has 0 bridgehead atoms. The zero-order chi connectivity index (χ0) is 22.3. The summed E-state index contributed by atoms with van der Waals surface area (Å²) in [6.45, 7) is 2.13. The molecule has 1 saturated heterocycles. The Morgan fingerprint density at radius 2 is 1.77 bits per heavy atom. The lowest BCUT2D eigenvalue weighted by Gasteiger charge is -2.26. The standard InChI is InChI=1S/C21H24N2O7S/c1-16-7-8-18(31(26,27)23-9-11-28-12-10-23)13-19(16)22-20(24)14-30-21(25)15-29-17-5-3-2-4-6-17/h2-8,13H,9-12,14-15H2,1H3,(H,22,24). The van der Waals surface area contributed by atoms with Crippen LogP contribution in [0.4, 0.5) is 5.69 Å². The molecule has 1 fully saturated rings. The molecule has 1 N–H and O–H groups in total. The van der Waals surface area contributed by atoms with Crippen molar-refractivity contribution in [2.24, 2.45) is 0 Å². The number of para-hydroxylation sites is 1. The molecule has 166 valence electrons. The maximum atomic E-state index is 12.8. The minimum absolute atomic E-state index is 0.0727. The van der Waals surface area contributed by atoms with Gasteiger partial charge in [-0.25, -0.2) is 13.2 Å². The summed E-state index contributed by atoms with van der Waals surface area (Å²) in [5.74, 6) is -0.769. The summed E-state index contributed by atoms with van der Waals surface area (Å²) in [4.78, 5) is 24.1. The molecule has 1 aliphatic heterocycles. The Morgan fingerprint density at radius 3 is 2.48 bits per heavy atom. The molecule has 0 spiro atoms. The van der Waals surface area contributed by atoms with Gasteiger partial charge in [-0.1, -0.05) is 24.3 Å². The van der Waals surface area contributed by atoms with Crippen molar-refractivity contribution in [1.29, 1.82) is 0 Å². The van der Waals surface area contributed by atoms with Gasteiger partial charge in [0.1, 0.15) is 5.75 Å². The number of anilines is 1. The van der Waals surface area contributed by atoms with E-state index in [1.54, 1.807) is 37.3 Å². The predicted molar refractivity (Wildman–Crippen MR) is 112 cm³/mol. The second-order valence-electron chi connectivity index (χ2n) is 6.80. The quantitative estimate of drug-likeness (QED) is 0.610. The first-order chi connectivity index (χ1) is 14.9. The number of ether oxygens (including phenoxy) is 3. The molecule has 0 atom stereocenters. The van der Waals surface area contributed by atoms with Crippen LogP contribution in [0, 0.1) is 6.92 Å². The van der Waals surface area contributed by atoms with Crippen LogP contribution < -0.4 is 10.1 Å². The van der Waals surface area contributed by atoms with E-state index < -0.39 is 28.5 Å². The SMILES string of the molecule is Cc1ccc(S(=O)(=O)N2CCOCC2)cc1NC(=O)COC(=O)COc1ccccc1. The molecule has 1 heterocycles. The van der Waals surface area contributed by atoms with Gasteiger partial charge in [0, 0.05) is 18.8 Å². The van der Waals surface area contributed by atoms with E-state index in [0.717, 1.165) is 0 Å². The van der Waals surface area contributed by atoms with Gasteiger partial charge in [0.05, 0.1) is 18.1 Å². The Bertz CT molecular complexity index is 1020. The highest BCUT2D eigenvalue weighted by molar-refractivity contribution is 7.89. The van der Waals surface area contributed by atoms with Crippen molar-refractivity contribution in [1.82, 2.24) is 4.31 Å². The minimum Gasteiger partial charge on any atom is -0.482 e. The average molecular weight is 448 g/mol. The molecule has 0 aliphatic carbocycles. The highest BCUT2D eigenvalue weighted by atomic mass is 32.2. The van der Waals surface area contributed by atoms with Crippen LogP contribution in [0.1, 0.15) is 5.56 Å². The normalized spacial score (nSPS) is 14.6. The molecule has 1 aliphatic rings. The van der Waals surface area contributed by atoms with Crippen molar-refractivity contribution in [3.05, 3.63) is 54.1 Å². The van der Waals surface area contributed by atoms with Crippen LogP contribution in [0.3, 0.4) is 0 Å². The monoisotopic (exact) mass is 448 g/mol. The van der Waals surface area contributed by atoms with Gasteiger partial charge < -0.3 is 19.5 Å². The van der Waals surface area contributed by atoms with Crippen LogP contribution in [0.5, 0.6) is 5.75 Å². The fourth-order valence-electron chi connectivity index (χ4n) is 2.87. The van der Waals surface area contributed by atoms with Crippen LogP contribution in [0.15, 0.2) is 53.4 Å². The highest BCUT2D eigenvalue weighted by Crippen LogP contribution is 2.23. The van der Waals surface area contributed by atoms with Crippen LogP contribution in [0.25, 0.3) is 0 Å². The number of morpholine rings is 1. The predicted octanol–water partition coefficient (Wildman–Crippen LogP) is 1.58. The number of benzene rings is 2. The fraction of sp³-hybridized carbons (Fsp3) is 0.333. The number of carbonyl (C=O) groups is 2. The Hall–Kier alpha value is -2.95. The lowest BCUT2D eigenvalue weighted by atomic mass is 10.2. The third kappa shape index (κ3) is 6.27. The molecule has 10 heteroatoms. The maximum Gasteiger partial charge on any atom is 0.344 e. The molecule has 2 aromatic carbocycles. The molecule has 0 unspecified atom stereocenters. The zero-order valence-corrected chi connectivity index (χ0v) is 17.9. The van der Waals surface area contributed by atoms with Crippen molar-refractivity contribution in [2.45, 2.75) is 11.8 Å². The number of nitrogens with zero attached hydrogens (tertiary/aromatic N) is 1. The third-order valence-electron chi connectivity index (χ3n) is 4.56. The number of nitrogens with one attached hydrogen (secondary N) is 1. The van der Waals surface area contributed by atoms with E-state index in [4.69, 9.17) is 14.2 Å². The first-order valence-corrected chi connectivity index (χ1v) is 11.1. The van der Waals surface area contributed by atoms with Gasteiger partial charge in [-0.05, 0) is 36.8 Å². The fourth-order valence-corrected chi connectivity index (χ4v) is 4.30. The van der Waals surface area contributed by atoms with Gasteiger partial charge in [-0.2, -0.15) is 4.31 Å². The van der Waals surface area contributed by atoms with Crippen molar-refractivity contribution in [2.75, 3.05) is 44.8 Å². The highest BCUT2D eigenvalue weighted by Gasteiger charge is 2.27. The summed E-state index contributed by atoms with van der Waals surface area (Å²) in [7, 11) is -3.70. The Balaban J connectivity index is 1.55. The summed E-state index contributed by atoms with van der Waals surface area (Å²) in [6.07, 6.45) is 0. The van der Waals surface area contributed by atoms with E-state index in [-0.39, 0.29) is 24.6 Å². The Kier molecular flexibility index (Phi) is 7.61. The van der Waals surface area contributed by atoms with Crippen molar-refractivity contribution in [3.8, 4) is 5.75 Å². The van der Waals surface area contributed by atoms with E-state index in [0.29, 0.717) is 30.2 Å². The zero-order valence-electron chi connectivity index (χ0n) is 17.1. The molecule has 0 saturated carbocycles. The topological polar surface area (TPSA) is 111 Å². The molecule has 3 rings (SSSR count). The number of carbonyl (C=O) groups excluding carboxylic acids is 2. The molecule has 31 heavy (non-hydrogen) atoms. The molecule has 9 nitrogen and oxygen atoms in total. The summed E-state index contributed by atoms with van der Waals surface area (Å²) in [5, 5.41) is 2.59. The number of aryl methyl sites for hydroxylation is 1. The number of rotatable bonds is 8. The smallest absolute Gasteiger partial charge is 0.344 e. The second-order valence-corrected chi connectivity index (χ2v) is 8.74. The van der Waals surface area contributed by atoms with Crippen LogP contribution in [0.2, 0.25) is 0 Å². The van der Waals surface area contributed by atoms with Crippen molar-refractivity contribution in [3.63, 3.8) is 0 Å². The van der Waals surface area contributed by atoms with Gasteiger partial charge in [-0.15, -0.1) is 0 Å². The average Bonchev–Trinajstić information content (AvgIpc) is 2.79. The lowest BCUT2D eigenvalue weighted by molar-refractivity contribution is -0.149. The third-order valence-corrected chi connectivity index (χ3v) is 6.45. The second kappa shape index (κ2) is 10.4. The summed E-state index contributed by atoms with van der Waals surface area (Å²) in [5.41, 5.74) is 1.00. The van der Waals surface area contributed by atoms with Crippen LogP contribution in [-0.4, -0.2) is 64.1 Å². The maximum absolute atomic E-state index is 12.8. The number of sulfonamides is 1. The van der Waals surface area contributed by atoms with E-state index in [9.17, 15) is 18.0 Å². The first-order valence-electron chi connectivity index (χ1n) is 9.68. The number of esters is 1. The van der Waals surface area contributed by atoms with E-state index in [2.05, 4.69) is 5.32 Å². The van der Waals surface area contributed by atoms with E-state index in [1.807, 2.05) is 6.07 Å². The van der Waals surface area contributed by atoms with E-state index >= 15 is 0 Å². The molecular formula is C21H24N2O7S. The molecular weight excluding hydrogens is 424 g/mol. The van der Waals surface area contributed by atoms with Gasteiger partial charge in [0.2, 0.25) is 10.0 Å². The minimum atomic E-state index is -3.70. The van der Waals surface area contributed by atoms with Crippen molar-refractivity contribution >= 4 is 27.6 Å². The van der Waals surface area contributed by atoms with Crippen LogP contribution >= 0.6 is 0 Å². The Morgan fingerprint density at radius 1 is 1.06 bits per heavy atom. The van der Waals surface area contributed by atoms with Gasteiger partial charge in [0.25, 0.3) is 5.91 Å². The summed E-state index contributed by atoms with van der Waals surface area (Å²) in [6, 6.07) is 13.3. The molecule has 1 amide bonds. The number of hydrogen-bond acceptors (Lipinski definition) is 7. The van der Waals surface area contributed by atoms with Gasteiger partial charge >= 0.3 is 5.97 Å². The molecule has 2 aromatic rings. The molecule has 0 radical (unpaired) electrons. The first kappa shape index (κ1) is 22.7. The summed E-state index contributed by atoms with van der Waals surface area (Å²) < 4.78 is 42.4. The Labute approximate surface area is 181 Å². The van der Waals surface area contributed by atoms with Crippen molar-refractivity contribution < 1.29 is 32.2 Å². The van der Waals surface area contributed by atoms with Gasteiger partial charge in [0.15, 0.2) is 13.2 Å². The van der Waals surface area contributed by atoms with Crippen LogP contribution in [-0.2, 0) is 29.1 Å². The van der Waals surface area contributed by atoms with Gasteiger partial charge in [-0.3, -0.25) is 4.79 Å². The largest absolute Gasteiger partial charge is 0.482 e. The van der Waals surface area contributed by atoms with E-state index in [1.165, 1.54) is 16.4 Å². The molecule has 0 aromatic heterocycles. The number of amides is 1. The number of hydrogen-bond donors (Lipinski definition) is 1.